The van der Waals surface area contributed by atoms with Crippen molar-refractivity contribution in [3.8, 4) is 11.3 Å². The topological polar surface area (TPSA) is 101 Å². The number of hydrogen-bond donors (Lipinski definition) is 2. The highest BCUT2D eigenvalue weighted by molar-refractivity contribution is 5.92. The fourth-order valence-corrected chi connectivity index (χ4v) is 3.24. The van der Waals surface area contributed by atoms with E-state index >= 15 is 0 Å². The lowest BCUT2D eigenvalue weighted by molar-refractivity contribution is -0.115. The van der Waals surface area contributed by atoms with E-state index < -0.39 is 0 Å². The number of fused-ring (bicyclic) bond motifs is 1. The third-order valence-corrected chi connectivity index (χ3v) is 4.84. The van der Waals surface area contributed by atoms with E-state index in [4.69, 9.17) is 8.83 Å². The first-order valence-corrected chi connectivity index (χ1v) is 9.10. The van der Waals surface area contributed by atoms with Crippen LogP contribution in [0.3, 0.4) is 0 Å². The van der Waals surface area contributed by atoms with E-state index in [0.29, 0.717) is 34.0 Å². The number of aromatic amines is 1. The highest BCUT2D eigenvalue weighted by Gasteiger charge is 2.25. The molecule has 0 saturated heterocycles. The Balaban J connectivity index is 1.35. The Morgan fingerprint density at radius 1 is 1.21 bits per heavy atom. The van der Waals surface area contributed by atoms with Gasteiger partial charge in [0.2, 0.25) is 5.91 Å². The Kier molecular flexibility index (Phi) is 3.86. The Morgan fingerprint density at radius 3 is 2.89 bits per heavy atom. The van der Waals surface area contributed by atoms with Crippen molar-refractivity contribution in [3.05, 3.63) is 70.4 Å². The summed E-state index contributed by atoms with van der Waals surface area (Å²) in [5, 5.41) is 10.3. The highest BCUT2D eigenvalue weighted by Crippen LogP contribution is 2.39. The van der Waals surface area contributed by atoms with E-state index in [0.717, 1.165) is 24.1 Å². The largest absolute Gasteiger partial charge is 0.472 e. The molecule has 0 aliphatic heterocycles. The van der Waals surface area contributed by atoms with Crippen molar-refractivity contribution in [2.75, 3.05) is 5.32 Å². The number of benzene rings is 1. The number of hydrogen-bond acceptors (Lipinski definition) is 5. The first-order valence-electron chi connectivity index (χ1n) is 9.10. The average molecular weight is 375 g/mol. The van der Waals surface area contributed by atoms with Crippen LogP contribution in [0.25, 0.3) is 22.3 Å². The lowest BCUT2D eigenvalue weighted by Gasteiger charge is -2.05. The fraction of sp³-hybridized carbons (Fsp3) is 0.190. The molecule has 3 heterocycles. The van der Waals surface area contributed by atoms with Crippen LogP contribution in [0.5, 0.6) is 0 Å². The molecular formula is C21H17N3O4. The van der Waals surface area contributed by atoms with Crippen molar-refractivity contribution >= 4 is 22.7 Å². The number of rotatable bonds is 5. The molecule has 3 aromatic heterocycles. The van der Waals surface area contributed by atoms with Crippen LogP contribution in [0.15, 0.2) is 62.6 Å². The van der Waals surface area contributed by atoms with Crippen molar-refractivity contribution < 1.29 is 13.6 Å². The third kappa shape index (κ3) is 3.22. The van der Waals surface area contributed by atoms with Gasteiger partial charge in [-0.1, -0.05) is 6.07 Å². The van der Waals surface area contributed by atoms with E-state index in [2.05, 4.69) is 15.5 Å². The normalized spacial score (nSPS) is 13.7. The summed E-state index contributed by atoms with van der Waals surface area (Å²) in [5.41, 5.74) is 2.79. The predicted molar refractivity (Wildman–Crippen MR) is 103 cm³/mol. The van der Waals surface area contributed by atoms with Gasteiger partial charge in [0.15, 0.2) is 11.2 Å². The molecule has 0 radical (unpaired) electrons. The molecule has 5 rings (SSSR count). The molecule has 1 aromatic carbocycles. The number of carbonyl (C=O) groups excluding carboxylic acids is 1. The molecule has 1 aliphatic carbocycles. The van der Waals surface area contributed by atoms with E-state index in [9.17, 15) is 9.59 Å². The second kappa shape index (κ2) is 6.53. The summed E-state index contributed by atoms with van der Waals surface area (Å²) >= 11 is 0. The minimum Gasteiger partial charge on any atom is -0.472 e. The smallest absolute Gasteiger partial charge is 0.229 e. The molecule has 0 unspecified atom stereocenters. The van der Waals surface area contributed by atoms with Crippen LogP contribution in [-0.4, -0.2) is 16.1 Å². The quantitative estimate of drug-likeness (QED) is 0.552. The monoisotopic (exact) mass is 375 g/mol. The molecule has 0 atom stereocenters. The van der Waals surface area contributed by atoms with Crippen LogP contribution in [0.1, 0.15) is 30.0 Å². The van der Waals surface area contributed by atoms with E-state index in [1.54, 1.807) is 24.3 Å². The van der Waals surface area contributed by atoms with E-state index in [-0.39, 0.29) is 17.8 Å². The molecule has 28 heavy (non-hydrogen) atoms. The van der Waals surface area contributed by atoms with Gasteiger partial charge in [0, 0.05) is 23.7 Å². The van der Waals surface area contributed by atoms with Gasteiger partial charge in [0.1, 0.15) is 17.6 Å². The number of H-pyrrole nitrogens is 1. The number of amides is 1. The molecule has 140 valence electrons. The van der Waals surface area contributed by atoms with Crippen LogP contribution in [0.4, 0.5) is 5.82 Å². The molecule has 4 aromatic rings. The summed E-state index contributed by atoms with van der Waals surface area (Å²) < 4.78 is 10.8. The maximum Gasteiger partial charge on any atom is 0.229 e. The fourth-order valence-electron chi connectivity index (χ4n) is 3.24. The Labute approximate surface area is 159 Å². The predicted octanol–water partition coefficient (Wildman–Crippen LogP) is 3.83. The summed E-state index contributed by atoms with van der Waals surface area (Å²) in [6.07, 6.45) is 5.51. The van der Waals surface area contributed by atoms with Gasteiger partial charge >= 0.3 is 0 Å². The number of nitrogens with zero attached hydrogens (tertiary/aromatic N) is 1. The summed E-state index contributed by atoms with van der Waals surface area (Å²) in [4.78, 5) is 24.8. The SMILES string of the molecule is O=C(Cc1ccc2oc(-c3ccoc3)cc(=O)c2c1)Nc1cc(C2CC2)[nH]n1. The van der Waals surface area contributed by atoms with Crippen molar-refractivity contribution in [2.24, 2.45) is 0 Å². The van der Waals surface area contributed by atoms with Gasteiger partial charge in [-0.2, -0.15) is 5.10 Å². The zero-order chi connectivity index (χ0) is 19.1. The van der Waals surface area contributed by atoms with Gasteiger partial charge in [-0.05, 0) is 36.6 Å². The van der Waals surface area contributed by atoms with Crippen LogP contribution in [0.2, 0.25) is 0 Å². The number of carbonyl (C=O) groups is 1. The van der Waals surface area contributed by atoms with Gasteiger partial charge in [-0.3, -0.25) is 14.7 Å². The molecular weight excluding hydrogens is 358 g/mol. The molecule has 0 spiro atoms. The number of aromatic nitrogens is 2. The van der Waals surface area contributed by atoms with Gasteiger partial charge in [-0.15, -0.1) is 0 Å². The van der Waals surface area contributed by atoms with Crippen LogP contribution in [-0.2, 0) is 11.2 Å². The lowest BCUT2D eigenvalue weighted by Crippen LogP contribution is -2.15. The highest BCUT2D eigenvalue weighted by atomic mass is 16.3. The van der Waals surface area contributed by atoms with E-state index in [1.165, 1.54) is 18.6 Å². The summed E-state index contributed by atoms with van der Waals surface area (Å²) in [5.74, 6) is 1.33. The molecule has 1 saturated carbocycles. The van der Waals surface area contributed by atoms with Gasteiger partial charge < -0.3 is 14.2 Å². The Hall–Kier alpha value is -3.61. The Morgan fingerprint density at radius 2 is 2.11 bits per heavy atom. The van der Waals surface area contributed by atoms with Crippen molar-refractivity contribution in [1.82, 2.24) is 10.2 Å². The van der Waals surface area contributed by atoms with Crippen LogP contribution >= 0.6 is 0 Å². The van der Waals surface area contributed by atoms with Gasteiger partial charge in [0.05, 0.1) is 23.6 Å². The molecule has 7 heteroatoms. The van der Waals surface area contributed by atoms with Crippen LogP contribution in [0, 0.1) is 0 Å². The molecule has 0 bridgehead atoms. The second-order valence-electron chi connectivity index (χ2n) is 7.03. The van der Waals surface area contributed by atoms with Crippen molar-refractivity contribution in [2.45, 2.75) is 25.2 Å². The van der Waals surface area contributed by atoms with Crippen molar-refractivity contribution in [3.63, 3.8) is 0 Å². The standard InChI is InChI=1S/C21H17N3O4/c25-17-10-19(14-5-6-27-11-14)28-18-4-1-12(7-15(17)18)8-21(26)22-20-9-16(23-24-20)13-2-3-13/h1,4-7,9-11,13H,2-3,8H2,(H2,22,23,24,26). The van der Waals surface area contributed by atoms with Crippen molar-refractivity contribution in [1.29, 1.82) is 0 Å². The Bertz CT molecular complexity index is 1220. The number of anilines is 1. The minimum atomic E-state index is -0.187. The second-order valence-corrected chi connectivity index (χ2v) is 7.03. The first kappa shape index (κ1) is 16.6. The average Bonchev–Trinajstić information content (AvgIpc) is 3.18. The molecule has 1 fully saturated rings. The maximum atomic E-state index is 12.5. The number of furan rings is 1. The lowest BCUT2D eigenvalue weighted by atomic mass is 10.1. The molecule has 7 nitrogen and oxygen atoms in total. The third-order valence-electron chi connectivity index (χ3n) is 4.84. The van der Waals surface area contributed by atoms with Gasteiger partial charge in [0.25, 0.3) is 0 Å². The maximum absolute atomic E-state index is 12.5. The minimum absolute atomic E-state index is 0.143. The zero-order valence-electron chi connectivity index (χ0n) is 14.9. The molecule has 2 N–H and O–H groups in total. The molecule has 1 amide bonds. The zero-order valence-corrected chi connectivity index (χ0v) is 14.9. The summed E-state index contributed by atoms with van der Waals surface area (Å²) in [6.45, 7) is 0. The molecule has 1 aliphatic rings. The van der Waals surface area contributed by atoms with E-state index in [1.807, 2.05) is 6.07 Å². The number of nitrogens with one attached hydrogen (secondary N) is 2. The summed E-state index contributed by atoms with van der Waals surface area (Å²) in [6, 6.07) is 10.2. The summed E-state index contributed by atoms with van der Waals surface area (Å²) in [7, 11) is 0. The first-order chi connectivity index (χ1) is 13.7. The van der Waals surface area contributed by atoms with Crippen LogP contribution < -0.4 is 10.7 Å². The van der Waals surface area contributed by atoms with Gasteiger partial charge in [-0.25, -0.2) is 0 Å².